The summed E-state index contributed by atoms with van der Waals surface area (Å²) in [6.45, 7) is 0.992. The molecule has 130 valence electrons. The third-order valence-electron chi connectivity index (χ3n) is 3.85. The normalized spacial score (nSPS) is 12.4. The first-order valence-corrected chi connectivity index (χ1v) is 7.94. The van der Waals surface area contributed by atoms with Crippen molar-refractivity contribution in [1.29, 1.82) is 0 Å². The molecule has 0 spiro atoms. The van der Waals surface area contributed by atoms with Crippen LogP contribution in [0.15, 0.2) is 42.5 Å². The molecule has 0 saturated heterocycles. The van der Waals surface area contributed by atoms with E-state index in [0.717, 1.165) is 19.0 Å². The molecule has 0 radical (unpaired) electrons. The van der Waals surface area contributed by atoms with Gasteiger partial charge < -0.3 is 15.0 Å². The number of hydrogen-bond acceptors (Lipinski definition) is 3. The molecule has 1 atom stereocenters. The predicted octanol–water partition coefficient (Wildman–Crippen LogP) is 3.24. The lowest BCUT2D eigenvalue weighted by Gasteiger charge is -2.23. The Kier molecular flexibility index (Phi) is 6.70. The van der Waals surface area contributed by atoms with Crippen LogP contribution in [0.25, 0.3) is 0 Å². The van der Waals surface area contributed by atoms with Crippen LogP contribution in [0.3, 0.4) is 0 Å². The van der Waals surface area contributed by atoms with Gasteiger partial charge in [0.1, 0.15) is 5.75 Å². The summed E-state index contributed by atoms with van der Waals surface area (Å²) in [6.07, 6.45) is 0.804. The van der Waals surface area contributed by atoms with Gasteiger partial charge >= 0.3 is 0 Å². The predicted molar refractivity (Wildman–Crippen MR) is 92.2 cm³/mol. The molecule has 0 aliphatic rings. The standard InChI is InChI=1S/C19H24F2N2O/c1-23(2)13-15(11-14-7-5-4-6-8-14)22-12-16-18(24-3)10-9-17(20)19(16)21/h4-10,15,22H,11-13H2,1-3H3/t15-/m0/s1. The van der Waals surface area contributed by atoms with Gasteiger partial charge in [0, 0.05) is 24.7 Å². The molecule has 2 aromatic carbocycles. The number of methoxy groups -OCH3 is 1. The molecule has 24 heavy (non-hydrogen) atoms. The van der Waals surface area contributed by atoms with Crippen LogP contribution in [0.1, 0.15) is 11.1 Å². The van der Waals surface area contributed by atoms with Crippen LogP contribution in [-0.4, -0.2) is 38.7 Å². The number of nitrogens with one attached hydrogen (secondary N) is 1. The highest BCUT2D eigenvalue weighted by molar-refractivity contribution is 5.35. The molecule has 0 unspecified atom stereocenters. The van der Waals surface area contributed by atoms with E-state index in [9.17, 15) is 8.78 Å². The van der Waals surface area contributed by atoms with Gasteiger partial charge in [-0.1, -0.05) is 30.3 Å². The van der Waals surface area contributed by atoms with Crippen molar-refractivity contribution in [1.82, 2.24) is 10.2 Å². The van der Waals surface area contributed by atoms with Crippen molar-refractivity contribution < 1.29 is 13.5 Å². The maximum atomic E-state index is 14.1. The molecule has 1 N–H and O–H groups in total. The molecular weight excluding hydrogens is 310 g/mol. The number of nitrogens with zero attached hydrogens (tertiary/aromatic N) is 1. The quantitative estimate of drug-likeness (QED) is 0.802. The number of ether oxygens (including phenoxy) is 1. The molecule has 0 saturated carbocycles. The highest BCUT2D eigenvalue weighted by Gasteiger charge is 2.17. The molecule has 3 nitrogen and oxygen atoms in total. The van der Waals surface area contributed by atoms with Gasteiger partial charge in [0.25, 0.3) is 0 Å². The van der Waals surface area contributed by atoms with Crippen LogP contribution in [0.4, 0.5) is 8.78 Å². The minimum Gasteiger partial charge on any atom is -0.496 e. The van der Waals surface area contributed by atoms with E-state index < -0.39 is 11.6 Å². The molecule has 0 fully saturated rings. The monoisotopic (exact) mass is 334 g/mol. The summed E-state index contributed by atoms with van der Waals surface area (Å²) in [5, 5.41) is 3.33. The smallest absolute Gasteiger partial charge is 0.167 e. The average Bonchev–Trinajstić information content (AvgIpc) is 2.56. The summed E-state index contributed by atoms with van der Waals surface area (Å²) < 4.78 is 32.7. The second kappa shape index (κ2) is 8.76. The van der Waals surface area contributed by atoms with Crippen LogP contribution in [0.5, 0.6) is 5.75 Å². The van der Waals surface area contributed by atoms with Crippen molar-refractivity contribution in [3.63, 3.8) is 0 Å². The number of hydrogen-bond donors (Lipinski definition) is 1. The molecule has 0 amide bonds. The third-order valence-corrected chi connectivity index (χ3v) is 3.85. The molecule has 0 aliphatic carbocycles. The Hall–Kier alpha value is -1.98. The Morgan fingerprint density at radius 3 is 2.42 bits per heavy atom. The van der Waals surface area contributed by atoms with Crippen LogP contribution < -0.4 is 10.1 Å². The van der Waals surface area contributed by atoms with Crippen LogP contribution >= 0.6 is 0 Å². The fourth-order valence-corrected chi connectivity index (χ4v) is 2.72. The summed E-state index contributed by atoms with van der Waals surface area (Å²) in [4.78, 5) is 2.07. The minimum atomic E-state index is -0.861. The summed E-state index contributed by atoms with van der Waals surface area (Å²) in [7, 11) is 5.43. The van der Waals surface area contributed by atoms with E-state index in [1.165, 1.54) is 18.7 Å². The van der Waals surface area contributed by atoms with Gasteiger partial charge in [-0.2, -0.15) is 0 Å². The number of halogens is 2. The largest absolute Gasteiger partial charge is 0.496 e. The highest BCUT2D eigenvalue weighted by atomic mass is 19.2. The third kappa shape index (κ3) is 5.01. The summed E-state index contributed by atoms with van der Waals surface area (Å²) >= 11 is 0. The Morgan fingerprint density at radius 2 is 1.79 bits per heavy atom. The summed E-state index contributed by atoms with van der Waals surface area (Å²) in [5.41, 5.74) is 1.41. The van der Waals surface area contributed by atoms with E-state index >= 15 is 0 Å². The molecule has 0 aliphatic heterocycles. The zero-order valence-corrected chi connectivity index (χ0v) is 14.4. The lowest BCUT2D eigenvalue weighted by atomic mass is 10.0. The van der Waals surface area contributed by atoms with Crippen molar-refractivity contribution >= 4 is 0 Å². The summed E-state index contributed by atoms with van der Waals surface area (Å²) in [5.74, 6) is -1.37. The molecule has 0 bridgehead atoms. The van der Waals surface area contributed by atoms with Crippen molar-refractivity contribution in [3.05, 3.63) is 65.2 Å². The second-order valence-corrected chi connectivity index (χ2v) is 6.07. The fourth-order valence-electron chi connectivity index (χ4n) is 2.72. The molecular formula is C19H24F2N2O. The van der Waals surface area contributed by atoms with E-state index in [2.05, 4.69) is 22.3 Å². The van der Waals surface area contributed by atoms with Crippen molar-refractivity contribution in [3.8, 4) is 5.75 Å². The summed E-state index contributed by atoms with van der Waals surface area (Å²) in [6, 6.07) is 12.7. The molecule has 5 heteroatoms. The highest BCUT2D eigenvalue weighted by Crippen LogP contribution is 2.23. The first-order chi connectivity index (χ1) is 11.5. The zero-order chi connectivity index (χ0) is 17.5. The van der Waals surface area contributed by atoms with E-state index in [0.29, 0.717) is 5.75 Å². The zero-order valence-electron chi connectivity index (χ0n) is 14.4. The van der Waals surface area contributed by atoms with Gasteiger partial charge in [-0.15, -0.1) is 0 Å². The van der Waals surface area contributed by atoms with Crippen molar-refractivity contribution in [2.75, 3.05) is 27.7 Å². The van der Waals surface area contributed by atoms with Gasteiger partial charge in [0.05, 0.1) is 7.11 Å². The van der Waals surface area contributed by atoms with Crippen LogP contribution in [-0.2, 0) is 13.0 Å². The van der Waals surface area contributed by atoms with Gasteiger partial charge in [0.2, 0.25) is 0 Å². The van der Waals surface area contributed by atoms with Gasteiger partial charge in [-0.25, -0.2) is 8.78 Å². The Balaban J connectivity index is 2.11. The lowest BCUT2D eigenvalue weighted by molar-refractivity contribution is 0.329. The first-order valence-electron chi connectivity index (χ1n) is 7.94. The first kappa shape index (κ1) is 18.4. The minimum absolute atomic E-state index is 0.106. The Bertz CT molecular complexity index is 647. The topological polar surface area (TPSA) is 24.5 Å². The lowest BCUT2D eigenvalue weighted by Crippen LogP contribution is -2.39. The van der Waals surface area contributed by atoms with Gasteiger partial charge in [-0.3, -0.25) is 0 Å². The van der Waals surface area contributed by atoms with Crippen LogP contribution in [0.2, 0.25) is 0 Å². The van der Waals surface area contributed by atoms with E-state index in [4.69, 9.17) is 4.74 Å². The maximum Gasteiger partial charge on any atom is 0.167 e. The fraction of sp³-hybridized carbons (Fsp3) is 0.368. The maximum absolute atomic E-state index is 14.1. The van der Waals surface area contributed by atoms with E-state index in [-0.39, 0.29) is 18.2 Å². The molecule has 0 heterocycles. The number of likely N-dealkylation sites (N-methyl/N-ethyl adjacent to an activating group) is 1. The second-order valence-electron chi connectivity index (χ2n) is 6.07. The molecule has 0 aromatic heterocycles. The van der Waals surface area contributed by atoms with E-state index in [1.807, 2.05) is 32.3 Å². The van der Waals surface area contributed by atoms with E-state index in [1.54, 1.807) is 0 Å². The molecule has 2 aromatic rings. The average molecular weight is 334 g/mol. The van der Waals surface area contributed by atoms with Gasteiger partial charge in [0.15, 0.2) is 11.6 Å². The van der Waals surface area contributed by atoms with Crippen LogP contribution in [0, 0.1) is 11.6 Å². The van der Waals surface area contributed by atoms with Crippen molar-refractivity contribution in [2.45, 2.75) is 19.0 Å². The Morgan fingerprint density at radius 1 is 1.08 bits per heavy atom. The SMILES string of the molecule is COc1ccc(F)c(F)c1CN[C@@H](Cc1ccccc1)CN(C)C. The molecule has 2 rings (SSSR count). The van der Waals surface area contributed by atoms with Gasteiger partial charge in [-0.05, 0) is 38.2 Å². The number of rotatable bonds is 8. The van der Waals surface area contributed by atoms with Crippen molar-refractivity contribution in [2.24, 2.45) is 0 Å². The Labute approximate surface area is 142 Å². The number of benzene rings is 2.